The Morgan fingerprint density at radius 3 is 2.62 bits per heavy atom. The van der Waals surface area contributed by atoms with Gasteiger partial charge < -0.3 is 10.1 Å². The number of hydrogen-bond acceptors (Lipinski definition) is 2. The number of nitrogens with one attached hydrogen (secondary N) is 1. The van der Waals surface area contributed by atoms with E-state index >= 15 is 0 Å². The number of fused-ring (bicyclic) bond motifs is 1. The van der Waals surface area contributed by atoms with Crippen LogP contribution >= 0.6 is 0 Å². The molecular weight excluding hydrogens is 318 g/mol. The van der Waals surface area contributed by atoms with E-state index in [2.05, 4.69) is 67.7 Å². The SMILES string of the molecule is Cc1cccc(C2NCCc3cc(OCc4ccccc4)ccc32)c1C. The molecule has 4 rings (SSSR count). The molecular formula is C24H25NO. The molecule has 1 N–H and O–H groups in total. The molecule has 26 heavy (non-hydrogen) atoms. The summed E-state index contributed by atoms with van der Waals surface area (Å²) in [7, 11) is 0. The summed E-state index contributed by atoms with van der Waals surface area (Å²) in [6, 6.07) is 23.7. The van der Waals surface area contributed by atoms with Crippen molar-refractivity contribution in [2.24, 2.45) is 0 Å². The molecule has 3 aromatic rings. The smallest absolute Gasteiger partial charge is 0.120 e. The van der Waals surface area contributed by atoms with Gasteiger partial charge in [-0.1, -0.05) is 54.6 Å². The highest BCUT2D eigenvalue weighted by molar-refractivity contribution is 5.47. The molecule has 0 amide bonds. The molecule has 0 fully saturated rings. The summed E-state index contributed by atoms with van der Waals surface area (Å²) in [5.74, 6) is 0.953. The third-order valence-corrected chi connectivity index (χ3v) is 5.37. The first-order valence-corrected chi connectivity index (χ1v) is 9.31. The zero-order valence-electron chi connectivity index (χ0n) is 15.5. The lowest BCUT2D eigenvalue weighted by Gasteiger charge is -2.29. The van der Waals surface area contributed by atoms with Crippen molar-refractivity contribution in [2.45, 2.75) is 32.9 Å². The van der Waals surface area contributed by atoms with Crippen LogP contribution in [0.25, 0.3) is 0 Å². The fourth-order valence-electron chi connectivity index (χ4n) is 3.74. The van der Waals surface area contributed by atoms with Crippen molar-refractivity contribution in [1.29, 1.82) is 0 Å². The van der Waals surface area contributed by atoms with E-state index in [-0.39, 0.29) is 6.04 Å². The van der Waals surface area contributed by atoms with Crippen molar-refractivity contribution in [3.05, 3.63) is 100 Å². The normalized spacial score (nSPS) is 16.2. The number of rotatable bonds is 4. The highest BCUT2D eigenvalue weighted by Gasteiger charge is 2.23. The largest absolute Gasteiger partial charge is 0.489 e. The molecule has 2 heteroatoms. The minimum Gasteiger partial charge on any atom is -0.489 e. The van der Waals surface area contributed by atoms with Crippen molar-refractivity contribution in [2.75, 3.05) is 6.54 Å². The molecule has 0 aliphatic carbocycles. The van der Waals surface area contributed by atoms with Gasteiger partial charge in [0.1, 0.15) is 12.4 Å². The van der Waals surface area contributed by atoms with Crippen LogP contribution in [0, 0.1) is 13.8 Å². The molecule has 132 valence electrons. The van der Waals surface area contributed by atoms with E-state index in [9.17, 15) is 0 Å². The van der Waals surface area contributed by atoms with Crippen LogP contribution in [0.1, 0.15) is 39.4 Å². The van der Waals surface area contributed by atoms with Gasteiger partial charge in [0.15, 0.2) is 0 Å². The highest BCUT2D eigenvalue weighted by Crippen LogP contribution is 2.33. The van der Waals surface area contributed by atoms with Gasteiger partial charge in [0.2, 0.25) is 0 Å². The second-order valence-corrected chi connectivity index (χ2v) is 7.06. The maximum Gasteiger partial charge on any atom is 0.120 e. The van der Waals surface area contributed by atoms with Crippen LogP contribution in [0.2, 0.25) is 0 Å². The van der Waals surface area contributed by atoms with Gasteiger partial charge in [0, 0.05) is 6.54 Å². The number of ether oxygens (including phenoxy) is 1. The Bertz CT molecular complexity index is 901. The lowest BCUT2D eigenvalue weighted by atomic mass is 9.87. The molecule has 0 radical (unpaired) electrons. The molecule has 1 aliphatic rings. The van der Waals surface area contributed by atoms with Crippen LogP contribution in [0.5, 0.6) is 5.75 Å². The monoisotopic (exact) mass is 343 g/mol. The molecule has 3 aromatic carbocycles. The molecule has 0 spiro atoms. The molecule has 0 saturated heterocycles. The number of aryl methyl sites for hydroxylation is 1. The highest BCUT2D eigenvalue weighted by atomic mass is 16.5. The first kappa shape index (κ1) is 16.9. The van der Waals surface area contributed by atoms with E-state index in [0.29, 0.717) is 6.61 Å². The Labute approximate surface area is 155 Å². The average molecular weight is 343 g/mol. The Morgan fingerprint density at radius 1 is 0.923 bits per heavy atom. The Kier molecular flexibility index (Phi) is 4.77. The van der Waals surface area contributed by atoms with E-state index in [1.165, 1.54) is 33.4 Å². The van der Waals surface area contributed by atoms with Gasteiger partial charge in [-0.15, -0.1) is 0 Å². The first-order valence-electron chi connectivity index (χ1n) is 9.31. The first-order chi connectivity index (χ1) is 12.7. The molecule has 0 aromatic heterocycles. The van der Waals surface area contributed by atoms with Crippen LogP contribution in [0.3, 0.4) is 0 Å². The van der Waals surface area contributed by atoms with Gasteiger partial charge in [0.25, 0.3) is 0 Å². The lowest BCUT2D eigenvalue weighted by molar-refractivity contribution is 0.305. The maximum atomic E-state index is 6.02. The molecule has 0 saturated carbocycles. The minimum atomic E-state index is 0.266. The summed E-state index contributed by atoms with van der Waals surface area (Å²) in [5.41, 5.74) is 8.06. The van der Waals surface area contributed by atoms with Crippen molar-refractivity contribution < 1.29 is 4.74 Å². The summed E-state index contributed by atoms with van der Waals surface area (Å²) in [6.07, 6.45) is 1.04. The zero-order chi connectivity index (χ0) is 17.9. The third-order valence-electron chi connectivity index (χ3n) is 5.37. The molecule has 1 unspecified atom stereocenters. The quantitative estimate of drug-likeness (QED) is 0.710. The van der Waals surface area contributed by atoms with Gasteiger partial charge in [-0.2, -0.15) is 0 Å². The minimum absolute atomic E-state index is 0.266. The molecule has 1 heterocycles. The van der Waals surface area contributed by atoms with Gasteiger partial charge >= 0.3 is 0 Å². The van der Waals surface area contributed by atoms with Crippen molar-refractivity contribution >= 4 is 0 Å². The molecule has 2 nitrogen and oxygen atoms in total. The van der Waals surface area contributed by atoms with Crippen LogP contribution in [-0.2, 0) is 13.0 Å². The van der Waals surface area contributed by atoms with Gasteiger partial charge in [-0.25, -0.2) is 0 Å². The third kappa shape index (κ3) is 3.38. The van der Waals surface area contributed by atoms with Crippen molar-refractivity contribution in [1.82, 2.24) is 5.32 Å². The Hall–Kier alpha value is -2.58. The second kappa shape index (κ2) is 7.35. The summed E-state index contributed by atoms with van der Waals surface area (Å²) in [5, 5.41) is 3.70. The predicted molar refractivity (Wildman–Crippen MR) is 107 cm³/mol. The number of hydrogen-bond donors (Lipinski definition) is 1. The summed E-state index contributed by atoms with van der Waals surface area (Å²) < 4.78 is 6.02. The van der Waals surface area contributed by atoms with Crippen LogP contribution < -0.4 is 10.1 Å². The predicted octanol–water partition coefficient (Wildman–Crippen LogP) is 5.12. The van der Waals surface area contributed by atoms with Gasteiger partial charge in [-0.05, 0) is 65.8 Å². The average Bonchev–Trinajstić information content (AvgIpc) is 2.69. The van der Waals surface area contributed by atoms with Crippen LogP contribution in [-0.4, -0.2) is 6.54 Å². The fourth-order valence-corrected chi connectivity index (χ4v) is 3.74. The lowest BCUT2D eigenvalue weighted by Crippen LogP contribution is -2.31. The summed E-state index contributed by atoms with van der Waals surface area (Å²) >= 11 is 0. The molecule has 1 atom stereocenters. The van der Waals surface area contributed by atoms with E-state index in [4.69, 9.17) is 4.74 Å². The fraction of sp³-hybridized carbons (Fsp3) is 0.250. The van der Waals surface area contributed by atoms with Crippen LogP contribution in [0.4, 0.5) is 0 Å². The summed E-state index contributed by atoms with van der Waals surface area (Å²) in [4.78, 5) is 0. The van der Waals surface area contributed by atoms with E-state index in [0.717, 1.165) is 18.7 Å². The van der Waals surface area contributed by atoms with Gasteiger partial charge in [-0.3, -0.25) is 0 Å². The topological polar surface area (TPSA) is 21.3 Å². The Balaban J connectivity index is 1.59. The molecule has 0 bridgehead atoms. The molecule has 1 aliphatic heterocycles. The van der Waals surface area contributed by atoms with E-state index in [1.54, 1.807) is 0 Å². The van der Waals surface area contributed by atoms with Crippen molar-refractivity contribution in [3.63, 3.8) is 0 Å². The van der Waals surface area contributed by atoms with Crippen molar-refractivity contribution in [3.8, 4) is 5.75 Å². The van der Waals surface area contributed by atoms with Gasteiger partial charge in [0.05, 0.1) is 6.04 Å². The zero-order valence-corrected chi connectivity index (χ0v) is 15.5. The standard InChI is InChI=1S/C24H25NO/c1-17-7-6-10-22(18(17)2)24-23-12-11-21(15-20(23)13-14-25-24)26-16-19-8-4-3-5-9-19/h3-12,15,24-25H,13-14,16H2,1-2H3. The second-order valence-electron chi connectivity index (χ2n) is 7.06. The summed E-state index contributed by atoms with van der Waals surface area (Å²) in [6.45, 7) is 6.01. The van der Waals surface area contributed by atoms with Crippen LogP contribution in [0.15, 0.2) is 66.7 Å². The maximum absolute atomic E-state index is 6.02. The number of benzene rings is 3. The Morgan fingerprint density at radius 2 is 1.77 bits per heavy atom. The van der Waals surface area contributed by atoms with E-state index in [1.807, 2.05) is 18.2 Å². The van der Waals surface area contributed by atoms with E-state index < -0.39 is 0 Å².